The zero-order valence-electron chi connectivity index (χ0n) is 14.8. The number of carbonyl (C=O) groups excluding carboxylic acids is 1. The molecule has 1 fully saturated rings. The topological polar surface area (TPSA) is 57.1 Å². The van der Waals surface area contributed by atoms with E-state index in [0.717, 1.165) is 16.8 Å². The SMILES string of the molecule is CN(C)c1ccc(/C=N\N=C2/NC(=O)[C@H](Cc3ccc(Cl)cc3Cl)S2)cc1. The first-order valence-corrected chi connectivity index (χ1v) is 9.86. The monoisotopic (exact) mass is 420 g/mol. The zero-order valence-corrected chi connectivity index (χ0v) is 17.1. The molecular weight excluding hydrogens is 403 g/mol. The van der Waals surface area contributed by atoms with Crippen LogP contribution >= 0.6 is 35.0 Å². The standard InChI is InChI=1S/C19H18Cl2N4OS/c1-25(2)15-7-3-12(4-8-15)11-22-24-19-23-18(26)17(27-19)9-13-5-6-14(20)10-16(13)21/h3-8,10-11,17H,9H2,1-2H3,(H,23,24,26)/b22-11-/t17-/m0/s1. The Kier molecular flexibility index (Phi) is 6.42. The first kappa shape index (κ1) is 19.7. The van der Waals surface area contributed by atoms with Crippen molar-refractivity contribution in [2.45, 2.75) is 11.7 Å². The minimum absolute atomic E-state index is 0.102. The molecule has 0 spiro atoms. The van der Waals surface area contributed by atoms with Gasteiger partial charge in [-0.15, -0.1) is 5.10 Å². The van der Waals surface area contributed by atoms with E-state index in [1.165, 1.54) is 11.8 Å². The minimum atomic E-state index is -0.294. The zero-order chi connectivity index (χ0) is 19.4. The van der Waals surface area contributed by atoms with E-state index in [-0.39, 0.29) is 11.2 Å². The molecule has 27 heavy (non-hydrogen) atoms. The number of benzene rings is 2. The van der Waals surface area contributed by atoms with Crippen molar-refractivity contribution in [3.05, 3.63) is 63.6 Å². The molecule has 3 rings (SSSR count). The molecule has 1 amide bonds. The summed E-state index contributed by atoms with van der Waals surface area (Å²) >= 11 is 13.4. The van der Waals surface area contributed by atoms with E-state index in [0.29, 0.717) is 21.6 Å². The molecule has 5 nitrogen and oxygen atoms in total. The number of amidine groups is 1. The number of amides is 1. The van der Waals surface area contributed by atoms with Crippen LogP contribution in [0.4, 0.5) is 5.69 Å². The van der Waals surface area contributed by atoms with Gasteiger partial charge in [0.05, 0.1) is 11.5 Å². The van der Waals surface area contributed by atoms with Crippen molar-refractivity contribution < 1.29 is 4.79 Å². The quantitative estimate of drug-likeness (QED) is 0.581. The summed E-state index contributed by atoms with van der Waals surface area (Å²) in [6, 6.07) is 13.2. The molecule has 140 valence electrons. The maximum Gasteiger partial charge on any atom is 0.239 e. The first-order valence-electron chi connectivity index (χ1n) is 8.22. The molecule has 1 atom stereocenters. The summed E-state index contributed by atoms with van der Waals surface area (Å²) in [5.74, 6) is -0.102. The Labute approximate surface area is 172 Å². The van der Waals surface area contributed by atoms with Gasteiger partial charge in [-0.2, -0.15) is 5.10 Å². The fraction of sp³-hybridized carbons (Fsp3) is 0.211. The number of anilines is 1. The summed E-state index contributed by atoms with van der Waals surface area (Å²) in [6.45, 7) is 0. The van der Waals surface area contributed by atoms with Gasteiger partial charge in [-0.3, -0.25) is 4.79 Å². The molecule has 0 aromatic heterocycles. The van der Waals surface area contributed by atoms with Crippen LogP contribution in [-0.2, 0) is 11.2 Å². The molecule has 2 aromatic rings. The molecule has 2 aromatic carbocycles. The summed E-state index contributed by atoms with van der Waals surface area (Å²) in [4.78, 5) is 14.2. The van der Waals surface area contributed by atoms with Crippen molar-refractivity contribution in [1.82, 2.24) is 5.32 Å². The molecule has 0 aliphatic carbocycles. The van der Waals surface area contributed by atoms with Gasteiger partial charge in [0, 0.05) is 29.8 Å². The lowest BCUT2D eigenvalue weighted by molar-refractivity contribution is -0.118. The number of nitrogens with one attached hydrogen (secondary N) is 1. The molecule has 1 aliphatic rings. The van der Waals surface area contributed by atoms with Gasteiger partial charge in [0.1, 0.15) is 0 Å². The van der Waals surface area contributed by atoms with Crippen LogP contribution in [0, 0.1) is 0 Å². The van der Waals surface area contributed by atoms with Gasteiger partial charge in [-0.1, -0.05) is 53.2 Å². The number of nitrogens with zero attached hydrogens (tertiary/aromatic N) is 3. The molecule has 0 unspecified atom stereocenters. The van der Waals surface area contributed by atoms with Crippen LogP contribution < -0.4 is 10.2 Å². The third-order valence-corrected chi connectivity index (χ3v) is 5.62. The van der Waals surface area contributed by atoms with Gasteiger partial charge >= 0.3 is 0 Å². The first-order chi connectivity index (χ1) is 12.9. The number of hydrogen-bond donors (Lipinski definition) is 1. The maximum absolute atomic E-state index is 12.2. The molecule has 0 radical (unpaired) electrons. The number of rotatable bonds is 5. The van der Waals surface area contributed by atoms with E-state index in [1.54, 1.807) is 18.3 Å². The van der Waals surface area contributed by atoms with Crippen molar-refractivity contribution in [1.29, 1.82) is 0 Å². The normalized spacial score (nSPS) is 18.3. The average molecular weight is 421 g/mol. The fourth-order valence-corrected chi connectivity index (χ4v) is 3.92. The summed E-state index contributed by atoms with van der Waals surface area (Å²) in [6.07, 6.45) is 2.16. The average Bonchev–Trinajstić information content (AvgIpc) is 2.97. The Bertz CT molecular complexity index is 897. The van der Waals surface area contributed by atoms with Crippen LogP contribution in [0.25, 0.3) is 0 Å². The van der Waals surface area contributed by atoms with Crippen LogP contribution in [0.2, 0.25) is 10.0 Å². The van der Waals surface area contributed by atoms with Crippen LogP contribution in [0.15, 0.2) is 52.7 Å². The Morgan fingerprint density at radius 2 is 1.93 bits per heavy atom. The van der Waals surface area contributed by atoms with E-state index < -0.39 is 0 Å². The van der Waals surface area contributed by atoms with Crippen molar-refractivity contribution in [2.24, 2.45) is 10.2 Å². The van der Waals surface area contributed by atoms with Crippen LogP contribution in [0.1, 0.15) is 11.1 Å². The number of halogens is 2. The van der Waals surface area contributed by atoms with Gasteiger partial charge in [-0.05, 0) is 41.8 Å². The van der Waals surface area contributed by atoms with Crippen molar-refractivity contribution in [2.75, 3.05) is 19.0 Å². The number of thioether (sulfide) groups is 1. The van der Waals surface area contributed by atoms with Crippen LogP contribution in [0.3, 0.4) is 0 Å². The highest BCUT2D eigenvalue weighted by Gasteiger charge is 2.30. The van der Waals surface area contributed by atoms with E-state index in [2.05, 4.69) is 15.5 Å². The summed E-state index contributed by atoms with van der Waals surface area (Å²) in [7, 11) is 3.98. The molecular formula is C19H18Cl2N4OS. The second-order valence-electron chi connectivity index (χ2n) is 6.17. The highest BCUT2D eigenvalue weighted by atomic mass is 35.5. The molecule has 1 saturated heterocycles. The van der Waals surface area contributed by atoms with E-state index >= 15 is 0 Å². The van der Waals surface area contributed by atoms with Gasteiger partial charge in [0.25, 0.3) is 0 Å². The molecule has 0 bridgehead atoms. The predicted octanol–water partition coefficient (Wildman–Crippen LogP) is 4.22. The van der Waals surface area contributed by atoms with E-state index in [9.17, 15) is 4.79 Å². The fourth-order valence-electron chi connectivity index (χ4n) is 2.48. The minimum Gasteiger partial charge on any atom is -0.378 e. The highest BCUT2D eigenvalue weighted by molar-refractivity contribution is 8.15. The smallest absolute Gasteiger partial charge is 0.239 e. The largest absolute Gasteiger partial charge is 0.378 e. The third-order valence-electron chi connectivity index (χ3n) is 3.96. The van der Waals surface area contributed by atoms with Gasteiger partial charge in [-0.25, -0.2) is 0 Å². The Balaban J connectivity index is 1.62. The van der Waals surface area contributed by atoms with Gasteiger partial charge < -0.3 is 10.2 Å². The van der Waals surface area contributed by atoms with Crippen LogP contribution in [-0.4, -0.2) is 36.6 Å². The summed E-state index contributed by atoms with van der Waals surface area (Å²) in [5.41, 5.74) is 2.92. The maximum atomic E-state index is 12.2. The van der Waals surface area contributed by atoms with Crippen molar-refractivity contribution in [3.8, 4) is 0 Å². The van der Waals surface area contributed by atoms with Gasteiger partial charge in [0.2, 0.25) is 5.91 Å². The van der Waals surface area contributed by atoms with E-state index in [1.807, 2.05) is 49.3 Å². The van der Waals surface area contributed by atoms with E-state index in [4.69, 9.17) is 23.2 Å². The summed E-state index contributed by atoms with van der Waals surface area (Å²) < 4.78 is 0. The Morgan fingerprint density at radius 3 is 2.59 bits per heavy atom. The second kappa shape index (κ2) is 8.78. The number of hydrogen-bond acceptors (Lipinski definition) is 5. The van der Waals surface area contributed by atoms with Crippen LogP contribution in [0.5, 0.6) is 0 Å². The lowest BCUT2D eigenvalue weighted by atomic mass is 10.1. The molecule has 1 heterocycles. The number of carbonyl (C=O) groups is 1. The Morgan fingerprint density at radius 1 is 1.19 bits per heavy atom. The molecule has 0 saturated carbocycles. The van der Waals surface area contributed by atoms with Crippen molar-refractivity contribution >= 4 is 57.9 Å². The predicted molar refractivity (Wildman–Crippen MR) is 115 cm³/mol. The molecule has 8 heteroatoms. The molecule has 1 N–H and O–H groups in total. The second-order valence-corrected chi connectivity index (χ2v) is 8.21. The lowest BCUT2D eigenvalue weighted by Crippen LogP contribution is -2.26. The van der Waals surface area contributed by atoms with Crippen molar-refractivity contribution in [3.63, 3.8) is 0 Å². The van der Waals surface area contributed by atoms with Gasteiger partial charge in [0.15, 0.2) is 5.17 Å². The molecule has 1 aliphatic heterocycles. The third kappa shape index (κ3) is 5.25. The summed E-state index contributed by atoms with van der Waals surface area (Å²) in [5, 5.41) is 12.2. The highest BCUT2D eigenvalue weighted by Crippen LogP contribution is 2.28. The Hall–Kier alpha value is -2.02. The lowest BCUT2D eigenvalue weighted by Gasteiger charge is -2.11.